The van der Waals surface area contributed by atoms with E-state index in [-0.39, 0.29) is 5.91 Å². The fraction of sp³-hybridized carbons (Fsp3) is 0.636. The Hall–Kier alpha value is -1.40. The zero-order valence-corrected chi connectivity index (χ0v) is 10.4. The van der Waals surface area contributed by atoms with Crippen molar-refractivity contribution in [2.45, 2.75) is 13.0 Å². The van der Waals surface area contributed by atoms with Crippen molar-refractivity contribution in [2.24, 2.45) is 7.05 Å². The zero-order chi connectivity index (χ0) is 12.5. The lowest BCUT2D eigenvalue weighted by Crippen LogP contribution is -2.34. The highest BCUT2D eigenvalue weighted by atomic mass is 16.5. The predicted molar refractivity (Wildman–Crippen MR) is 64.4 cm³/mol. The van der Waals surface area contributed by atoms with Gasteiger partial charge in [0.2, 0.25) is 5.91 Å². The molecule has 0 saturated heterocycles. The monoisotopic (exact) mass is 240 g/mol. The van der Waals surface area contributed by atoms with E-state index in [1.165, 1.54) is 0 Å². The summed E-state index contributed by atoms with van der Waals surface area (Å²) in [7, 11) is 3.52. The van der Waals surface area contributed by atoms with Gasteiger partial charge in [-0.1, -0.05) is 0 Å². The van der Waals surface area contributed by atoms with Crippen LogP contribution in [0.2, 0.25) is 0 Å². The molecule has 1 aromatic heterocycles. The minimum atomic E-state index is -0.00275. The minimum Gasteiger partial charge on any atom is -0.385 e. The summed E-state index contributed by atoms with van der Waals surface area (Å²) in [6.45, 7) is 2.23. The van der Waals surface area contributed by atoms with Crippen molar-refractivity contribution in [3.05, 3.63) is 18.0 Å². The number of nitrogens with one attached hydrogen (secondary N) is 2. The molecule has 17 heavy (non-hydrogen) atoms. The van der Waals surface area contributed by atoms with Crippen LogP contribution in [0.4, 0.5) is 0 Å². The second kappa shape index (κ2) is 7.81. The van der Waals surface area contributed by atoms with Gasteiger partial charge in [0.15, 0.2) is 0 Å². The number of aromatic nitrogens is 2. The predicted octanol–water partition coefficient (Wildman–Crippen LogP) is -0.338. The number of hydrogen-bond acceptors (Lipinski definition) is 4. The normalized spacial score (nSPS) is 10.5. The number of amides is 1. The van der Waals surface area contributed by atoms with Crippen LogP contribution in [0.15, 0.2) is 12.3 Å². The summed E-state index contributed by atoms with van der Waals surface area (Å²) >= 11 is 0. The molecule has 0 atom stereocenters. The summed E-state index contributed by atoms with van der Waals surface area (Å²) in [5.41, 5.74) is 0.930. The maximum atomic E-state index is 11.4. The van der Waals surface area contributed by atoms with E-state index in [9.17, 15) is 4.79 Å². The molecule has 1 heterocycles. The number of hydrogen-bond donors (Lipinski definition) is 2. The molecule has 0 saturated carbocycles. The molecule has 0 aliphatic heterocycles. The molecule has 0 bridgehead atoms. The van der Waals surface area contributed by atoms with Crippen LogP contribution in [0, 0.1) is 0 Å². The van der Waals surface area contributed by atoms with Crippen molar-refractivity contribution in [3.8, 4) is 0 Å². The Morgan fingerprint density at radius 1 is 1.59 bits per heavy atom. The van der Waals surface area contributed by atoms with E-state index in [1.54, 1.807) is 11.8 Å². The van der Waals surface area contributed by atoms with Crippen LogP contribution < -0.4 is 10.6 Å². The molecule has 96 valence electrons. The highest BCUT2D eigenvalue weighted by Gasteiger charge is 2.01. The number of methoxy groups -OCH3 is 1. The number of nitrogens with zero attached hydrogens (tertiary/aromatic N) is 2. The first kappa shape index (κ1) is 13.7. The summed E-state index contributed by atoms with van der Waals surface area (Å²) in [5.74, 6) is -0.00275. The standard InChI is InChI=1S/C11H20N4O2/c1-15-6-4-10(14-15)8-12-9-11(16)13-5-3-7-17-2/h4,6,12H,3,5,7-9H2,1-2H3,(H,13,16). The second-order valence-corrected chi connectivity index (χ2v) is 3.78. The summed E-state index contributed by atoms with van der Waals surface area (Å²) in [6.07, 6.45) is 2.71. The maximum absolute atomic E-state index is 11.4. The smallest absolute Gasteiger partial charge is 0.233 e. The Labute approximate surface area is 101 Å². The molecule has 0 radical (unpaired) electrons. The van der Waals surface area contributed by atoms with Crippen LogP contribution in [0.25, 0.3) is 0 Å². The van der Waals surface area contributed by atoms with Gasteiger partial charge in [0, 0.05) is 40.1 Å². The van der Waals surface area contributed by atoms with Crippen LogP contribution in [-0.2, 0) is 23.1 Å². The highest BCUT2D eigenvalue weighted by Crippen LogP contribution is 1.91. The highest BCUT2D eigenvalue weighted by molar-refractivity contribution is 5.77. The summed E-state index contributed by atoms with van der Waals surface area (Å²) in [5, 5.41) is 10.0. The van der Waals surface area contributed by atoms with Crippen molar-refractivity contribution in [3.63, 3.8) is 0 Å². The van der Waals surface area contributed by atoms with Crippen LogP contribution in [0.3, 0.4) is 0 Å². The first-order valence-corrected chi connectivity index (χ1v) is 5.67. The summed E-state index contributed by atoms with van der Waals surface area (Å²) in [4.78, 5) is 11.4. The third kappa shape index (κ3) is 6.03. The van der Waals surface area contributed by atoms with Crippen LogP contribution in [0.1, 0.15) is 12.1 Å². The molecule has 1 aromatic rings. The Balaban J connectivity index is 2.04. The van der Waals surface area contributed by atoms with Gasteiger partial charge in [0.1, 0.15) is 0 Å². The number of rotatable bonds is 8. The molecular formula is C11H20N4O2. The quantitative estimate of drug-likeness (QED) is 0.610. The molecule has 0 unspecified atom stereocenters. The van der Waals surface area contributed by atoms with E-state index in [0.717, 1.165) is 12.1 Å². The van der Waals surface area contributed by atoms with Gasteiger partial charge in [-0.3, -0.25) is 9.48 Å². The van der Waals surface area contributed by atoms with Gasteiger partial charge >= 0.3 is 0 Å². The lowest BCUT2D eigenvalue weighted by molar-refractivity contribution is -0.120. The van der Waals surface area contributed by atoms with Gasteiger partial charge in [0.05, 0.1) is 12.2 Å². The van der Waals surface area contributed by atoms with Crippen molar-refractivity contribution >= 4 is 5.91 Å². The van der Waals surface area contributed by atoms with Crippen molar-refractivity contribution in [1.82, 2.24) is 20.4 Å². The fourth-order valence-electron chi connectivity index (χ4n) is 1.37. The van der Waals surface area contributed by atoms with E-state index in [1.807, 2.05) is 19.3 Å². The molecule has 0 fully saturated rings. The van der Waals surface area contributed by atoms with E-state index in [4.69, 9.17) is 4.74 Å². The molecule has 0 aromatic carbocycles. The molecule has 6 heteroatoms. The molecule has 0 aliphatic carbocycles. The Morgan fingerprint density at radius 3 is 3.06 bits per heavy atom. The molecule has 0 aliphatic rings. The third-order valence-electron chi connectivity index (χ3n) is 2.21. The fourth-order valence-corrected chi connectivity index (χ4v) is 1.37. The van der Waals surface area contributed by atoms with Gasteiger partial charge in [-0.2, -0.15) is 5.10 Å². The average Bonchev–Trinajstić information content (AvgIpc) is 2.71. The van der Waals surface area contributed by atoms with Crippen LogP contribution in [-0.4, -0.2) is 42.5 Å². The summed E-state index contributed by atoms with van der Waals surface area (Å²) < 4.78 is 6.63. The first-order valence-electron chi connectivity index (χ1n) is 5.67. The van der Waals surface area contributed by atoms with Gasteiger partial charge in [-0.05, 0) is 12.5 Å². The average molecular weight is 240 g/mol. The minimum absolute atomic E-state index is 0.00275. The van der Waals surface area contributed by atoms with Gasteiger partial charge in [-0.15, -0.1) is 0 Å². The van der Waals surface area contributed by atoms with Crippen LogP contribution >= 0.6 is 0 Å². The number of carbonyl (C=O) groups excluding carboxylic acids is 1. The number of carbonyl (C=O) groups is 1. The van der Waals surface area contributed by atoms with Crippen molar-refractivity contribution < 1.29 is 9.53 Å². The maximum Gasteiger partial charge on any atom is 0.233 e. The first-order chi connectivity index (χ1) is 8.22. The largest absolute Gasteiger partial charge is 0.385 e. The van der Waals surface area contributed by atoms with Crippen molar-refractivity contribution in [1.29, 1.82) is 0 Å². The lowest BCUT2D eigenvalue weighted by atomic mass is 10.4. The van der Waals surface area contributed by atoms with Crippen LogP contribution in [0.5, 0.6) is 0 Å². The molecule has 1 amide bonds. The number of aryl methyl sites for hydroxylation is 1. The van der Waals surface area contributed by atoms with Gasteiger partial charge in [0.25, 0.3) is 0 Å². The van der Waals surface area contributed by atoms with E-state index in [0.29, 0.717) is 26.2 Å². The summed E-state index contributed by atoms with van der Waals surface area (Å²) in [6, 6.07) is 1.92. The van der Waals surface area contributed by atoms with Gasteiger partial charge < -0.3 is 15.4 Å². The van der Waals surface area contributed by atoms with E-state index < -0.39 is 0 Å². The second-order valence-electron chi connectivity index (χ2n) is 3.78. The van der Waals surface area contributed by atoms with E-state index in [2.05, 4.69) is 15.7 Å². The topological polar surface area (TPSA) is 68.2 Å². The third-order valence-corrected chi connectivity index (χ3v) is 2.21. The Kier molecular flexibility index (Phi) is 6.27. The molecule has 1 rings (SSSR count). The SMILES string of the molecule is COCCCNC(=O)CNCc1ccn(C)n1. The zero-order valence-electron chi connectivity index (χ0n) is 10.4. The Morgan fingerprint density at radius 2 is 2.41 bits per heavy atom. The van der Waals surface area contributed by atoms with Crippen molar-refractivity contribution in [2.75, 3.05) is 26.8 Å². The Bertz CT molecular complexity index is 338. The molecule has 0 spiro atoms. The molecule has 2 N–H and O–H groups in total. The lowest BCUT2D eigenvalue weighted by Gasteiger charge is -2.05. The molecular weight excluding hydrogens is 220 g/mol. The number of ether oxygens (including phenoxy) is 1. The van der Waals surface area contributed by atoms with E-state index >= 15 is 0 Å². The molecule has 6 nitrogen and oxygen atoms in total. The van der Waals surface area contributed by atoms with Gasteiger partial charge in [-0.25, -0.2) is 0 Å².